The van der Waals surface area contributed by atoms with Crippen molar-refractivity contribution in [3.63, 3.8) is 0 Å². The number of amides is 1. The first-order valence-electron chi connectivity index (χ1n) is 7.04. The predicted molar refractivity (Wildman–Crippen MR) is 82.4 cm³/mol. The molecule has 0 bridgehead atoms. The third kappa shape index (κ3) is 5.53. The summed E-state index contributed by atoms with van der Waals surface area (Å²) in [5.41, 5.74) is 0. The molecule has 0 aliphatic carbocycles. The van der Waals surface area contributed by atoms with Crippen LogP contribution in [0.3, 0.4) is 0 Å². The molecule has 0 radical (unpaired) electrons. The zero-order chi connectivity index (χ0) is 15.8. The van der Waals surface area contributed by atoms with Crippen LogP contribution in [0.2, 0.25) is 0 Å². The molecule has 0 fully saturated rings. The van der Waals surface area contributed by atoms with E-state index in [0.717, 1.165) is 0 Å². The Morgan fingerprint density at radius 3 is 3.00 bits per heavy atom. The summed E-state index contributed by atoms with van der Waals surface area (Å²) in [6, 6.07) is 3.32. The average molecular weight is 324 g/mol. The van der Waals surface area contributed by atoms with Gasteiger partial charge in [-0.3, -0.25) is 9.89 Å². The van der Waals surface area contributed by atoms with Crippen molar-refractivity contribution >= 4 is 17.7 Å². The number of nitrogens with one attached hydrogen (secondary N) is 2. The molecule has 2 aromatic heterocycles. The van der Waals surface area contributed by atoms with Gasteiger partial charge in [0.2, 0.25) is 5.91 Å². The second kappa shape index (κ2) is 8.60. The summed E-state index contributed by atoms with van der Waals surface area (Å²) in [5.74, 6) is 1.25. The molecule has 0 saturated heterocycles. The van der Waals surface area contributed by atoms with E-state index < -0.39 is 0 Å². The lowest BCUT2D eigenvalue weighted by Crippen LogP contribution is -2.33. The number of hydrogen-bond donors (Lipinski definition) is 2. The van der Waals surface area contributed by atoms with E-state index in [-0.39, 0.29) is 17.7 Å². The van der Waals surface area contributed by atoms with Gasteiger partial charge >= 0.3 is 0 Å². The maximum absolute atomic E-state index is 12.0. The van der Waals surface area contributed by atoms with Gasteiger partial charge in [0.15, 0.2) is 5.16 Å². The Labute approximate surface area is 133 Å². The van der Waals surface area contributed by atoms with E-state index >= 15 is 0 Å². The van der Waals surface area contributed by atoms with Gasteiger partial charge in [0, 0.05) is 6.61 Å². The topological polar surface area (TPSA) is 93.0 Å². The summed E-state index contributed by atoms with van der Waals surface area (Å²) in [5, 5.41) is 9.96. The van der Waals surface area contributed by atoms with Crippen LogP contribution in [0.1, 0.15) is 25.6 Å². The van der Waals surface area contributed by atoms with Crippen LogP contribution in [0.5, 0.6) is 0 Å². The quantitative estimate of drug-likeness (QED) is 0.686. The lowest BCUT2D eigenvalue weighted by atomic mass is 10.2. The van der Waals surface area contributed by atoms with E-state index in [2.05, 4.69) is 34.3 Å². The van der Waals surface area contributed by atoms with Crippen molar-refractivity contribution in [1.29, 1.82) is 0 Å². The highest BCUT2D eigenvalue weighted by atomic mass is 32.2. The summed E-state index contributed by atoms with van der Waals surface area (Å²) in [4.78, 5) is 16.0. The fourth-order valence-electron chi connectivity index (χ4n) is 1.74. The average Bonchev–Trinajstić information content (AvgIpc) is 3.17. The molecule has 8 heteroatoms. The lowest BCUT2D eigenvalue weighted by molar-refractivity contribution is -0.120. The van der Waals surface area contributed by atoms with Gasteiger partial charge in [0.05, 0.1) is 18.6 Å². The summed E-state index contributed by atoms with van der Waals surface area (Å²) >= 11 is 1.29. The van der Waals surface area contributed by atoms with Crippen LogP contribution in [0, 0.1) is 5.92 Å². The first-order valence-corrected chi connectivity index (χ1v) is 8.02. The molecule has 0 aliphatic rings. The molecule has 1 atom stereocenters. The maximum Gasteiger partial charge on any atom is 0.231 e. The summed E-state index contributed by atoms with van der Waals surface area (Å²) < 4.78 is 11.0. The molecule has 2 rings (SSSR count). The van der Waals surface area contributed by atoms with Crippen LogP contribution in [0.4, 0.5) is 0 Å². The third-order valence-corrected chi connectivity index (χ3v) is 3.57. The minimum Gasteiger partial charge on any atom is -0.467 e. The van der Waals surface area contributed by atoms with E-state index in [1.165, 1.54) is 18.1 Å². The van der Waals surface area contributed by atoms with Crippen molar-refractivity contribution in [3.05, 3.63) is 30.5 Å². The molecule has 0 aromatic carbocycles. The van der Waals surface area contributed by atoms with E-state index in [1.807, 2.05) is 6.07 Å². The van der Waals surface area contributed by atoms with E-state index in [1.54, 1.807) is 12.3 Å². The Balaban J connectivity index is 1.84. The van der Waals surface area contributed by atoms with Gasteiger partial charge in [-0.1, -0.05) is 25.6 Å². The minimum absolute atomic E-state index is 0.115. The summed E-state index contributed by atoms with van der Waals surface area (Å²) in [6.45, 7) is 5.17. The maximum atomic E-state index is 12.0. The normalized spacial score (nSPS) is 12.5. The lowest BCUT2D eigenvalue weighted by Gasteiger charge is -2.17. The number of carbonyl (C=O) groups excluding carboxylic acids is 1. The summed E-state index contributed by atoms with van der Waals surface area (Å²) in [6.07, 6.45) is 2.99. The molecular formula is C14H20N4O3S. The number of thioether (sulfide) groups is 1. The van der Waals surface area contributed by atoms with Crippen LogP contribution < -0.4 is 5.32 Å². The van der Waals surface area contributed by atoms with Crippen LogP contribution in [-0.2, 0) is 9.53 Å². The first-order chi connectivity index (χ1) is 10.6. The zero-order valence-corrected chi connectivity index (χ0v) is 13.4. The predicted octanol–water partition coefficient (Wildman–Crippen LogP) is 2.02. The number of aromatic amines is 1. The Hall–Kier alpha value is -1.80. The van der Waals surface area contributed by atoms with Crippen molar-refractivity contribution < 1.29 is 13.9 Å². The highest BCUT2D eigenvalue weighted by Crippen LogP contribution is 2.16. The van der Waals surface area contributed by atoms with Crippen molar-refractivity contribution in [2.75, 3.05) is 19.0 Å². The van der Waals surface area contributed by atoms with Gasteiger partial charge in [-0.15, -0.1) is 0 Å². The SMILES string of the molecule is CC(C)COC[C@@H](NC(=O)CSc1ncn[nH]1)c1ccco1. The van der Waals surface area contributed by atoms with E-state index in [9.17, 15) is 4.79 Å². The van der Waals surface area contributed by atoms with Crippen molar-refractivity contribution in [1.82, 2.24) is 20.5 Å². The Morgan fingerprint density at radius 1 is 1.50 bits per heavy atom. The Bertz CT molecular complexity index is 542. The molecule has 7 nitrogen and oxygen atoms in total. The molecule has 0 saturated carbocycles. The van der Waals surface area contributed by atoms with Gasteiger partial charge < -0.3 is 14.5 Å². The monoisotopic (exact) mass is 324 g/mol. The van der Waals surface area contributed by atoms with Gasteiger partial charge in [-0.25, -0.2) is 4.98 Å². The molecule has 120 valence electrons. The van der Waals surface area contributed by atoms with Gasteiger partial charge in [-0.2, -0.15) is 5.10 Å². The second-order valence-electron chi connectivity index (χ2n) is 5.15. The fraction of sp³-hybridized carbons (Fsp3) is 0.500. The minimum atomic E-state index is -0.295. The van der Waals surface area contributed by atoms with Crippen molar-refractivity contribution in [2.45, 2.75) is 25.0 Å². The first kappa shape index (κ1) is 16.6. The molecular weight excluding hydrogens is 304 g/mol. The molecule has 2 heterocycles. The van der Waals surface area contributed by atoms with Crippen molar-refractivity contribution in [2.24, 2.45) is 5.92 Å². The van der Waals surface area contributed by atoms with Crippen LogP contribution in [0.15, 0.2) is 34.3 Å². The van der Waals surface area contributed by atoms with Crippen LogP contribution >= 0.6 is 11.8 Å². The zero-order valence-electron chi connectivity index (χ0n) is 12.6. The van der Waals surface area contributed by atoms with Gasteiger partial charge in [-0.05, 0) is 18.1 Å². The molecule has 1 amide bonds. The van der Waals surface area contributed by atoms with E-state index in [0.29, 0.717) is 30.0 Å². The molecule has 0 spiro atoms. The third-order valence-electron chi connectivity index (χ3n) is 2.69. The molecule has 0 aliphatic heterocycles. The molecule has 22 heavy (non-hydrogen) atoms. The number of carbonyl (C=O) groups is 1. The number of furan rings is 1. The highest BCUT2D eigenvalue weighted by molar-refractivity contribution is 7.99. The standard InChI is InChI=1S/C14H20N4O3S/c1-10(2)6-20-7-11(12-4-3-5-21-12)17-13(19)8-22-14-15-9-16-18-14/h3-5,9-11H,6-8H2,1-2H3,(H,17,19)(H,15,16,18)/t11-/m1/s1. The van der Waals surface area contributed by atoms with Gasteiger partial charge in [0.25, 0.3) is 0 Å². The number of hydrogen-bond acceptors (Lipinski definition) is 6. The number of aromatic nitrogens is 3. The summed E-state index contributed by atoms with van der Waals surface area (Å²) in [7, 11) is 0. The smallest absolute Gasteiger partial charge is 0.231 e. The van der Waals surface area contributed by atoms with Crippen molar-refractivity contribution in [3.8, 4) is 0 Å². The van der Waals surface area contributed by atoms with Crippen LogP contribution in [-0.4, -0.2) is 40.1 Å². The largest absolute Gasteiger partial charge is 0.467 e. The van der Waals surface area contributed by atoms with E-state index in [4.69, 9.17) is 9.15 Å². The fourth-order valence-corrected chi connectivity index (χ4v) is 2.33. The highest BCUT2D eigenvalue weighted by Gasteiger charge is 2.18. The molecule has 0 unspecified atom stereocenters. The van der Waals surface area contributed by atoms with Gasteiger partial charge in [0.1, 0.15) is 18.1 Å². The Morgan fingerprint density at radius 2 is 2.36 bits per heavy atom. The molecule has 2 N–H and O–H groups in total. The number of nitrogens with zero attached hydrogens (tertiary/aromatic N) is 2. The number of ether oxygens (including phenoxy) is 1. The molecule has 2 aromatic rings. The second-order valence-corrected chi connectivity index (χ2v) is 6.11. The van der Waals surface area contributed by atoms with Crippen LogP contribution in [0.25, 0.3) is 0 Å². The Kier molecular flexibility index (Phi) is 6.47. The number of H-pyrrole nitrogens is 1. The number of rotatable bonds is 9.